The van der Waals surface area contributed by atoms with Gasteiger partial charge in [-0.15, -0.1) is 0 Å². The van der Waals surface area contributed by atoms with E-state index in [1.807, 2.05) is 60.7 Å². The molecule has 54 heavy (non-hydrogen) atoms. The summed E-state index contributed by atoms with van der Waals surface area (Å²) in [7, 11) is 0. The second kappa shape index (κ2) is 12.1. The van der Waals surface area contributed by atoms with E-state index in [2.05, 4.69) is 137 Å². The van der Waals surface area contributed by atoms with Crippen LogP contribution in [-0.2, 0) is 0 Å². The van der Waals surface area contributed by atoms with Crippen LogP contribution in [0, 0.1) is 0 Å². The van der Waals surface area contributed by atoms with E-state index in [0.29, 0.717) is 17.5 Å². The summed E-state index contributed by atoms with van der Waals surface area (Å²) in [6.07, 6.45) is 0. The normalized spacial score (nSPS) is 12.0. The Labute approximate surface area is 312 Å². The number of hydrogen-bond acceptors (Lipinski definition) is 4. The molecule has 0 saturated carbocycles. The van der Waals surface area contributed by atoms with Gasteiger partial charge >= 0.3 is 0 Å². The van der Waals surface area contributed by atoms with Crippen molar-refractivity contribution in [3.63, 3.8) is 0 Å². The van der Waals surface area contributed by atoms with Crippen LogP contribution in [0.1, 0.15) is 0 Å². The fraction of sp³-hybridized carbons (Fsp3) is 0. The predicted octanol–water partition coefficient (Wildman–Crippen LogP) is 12.6. The number of anilines is 3. The van der Waals surface area contributed by atoms with Crippen LogP contribution < -0.4 is 4.90 Å². The van der Waals surface area contributed by atoms with Gasteiger partial charge in [0.15, 0.2) is 17.5 Å². The molecule has 0 spiro atoms. The zero-order valence-electron chi connectivity index (χ0n) is 29.1. The second-order valence-corrected chi connectivity index (χ2v) is 13.7. The summed E-state index contributed by atoms with van der Waals surface area (Å²) in [5.74, 6) is 2.96. The van der Waals surface area contributed by atoms with Crippen molar-refractivity contribution in [2.24, 2.45) is 0 Å². The summed E-state index contributed by atoms with van der Waals surface area (Å²) in [5, 5.41) is 6.07. The van der Waals surface area contributed by atoms with Gasteiger partial charge in [-0.1, -0.05) is 158 Å². The molecule has 5 heteroatoms. The molecular formula is C49H31N5. The molecule has 1 aliphatic heterocycles. The molecule has 8 aromatic carbocycles. The Bertz CT molecular complexity index is 3000. The SMILES string of the molecule is c1ccc(-c2nc(-c3ccccc3)nc(-c3cccc(N4c5ccccc5-c5ccc6ccccc6c5-n5c4cc4c6ccccc6ccc45)c3)n2)cc1. The molecule has 0 N–H and O–H groups in total. The van der Waals surface area contributed by atoms with Crippen LogP contribution in [0.25, 0.3) is 83.4 Å². The average molecular weight is 690 g/mol. The highest BCUT2D eigenvalue weighted by molar-refractivity contribution is 6.13. The molecule has 1 aliphatic rings. The van der Waals surface area contributed by atoms with Crippen molar-refractivity contribution in [3.05, 3.63) is 188 Å². The number of para-hydroxylation sites is 1. The summed E-state index contributed by atoms with van der Waals surface area (Å²) in [4.78, 5) is 17.5. The molecule has 0 aliphatic carbocycles. The van der Waals surface area contributed by atoms with E-state index in [9.17, 15) is 0 Å². The van der Waals surface area contributed by atoms with Crippen molar-refractivity contribution >= 4 is 49.6 Å². The third-order valence-electron chi connectivity index (χ3n) is 10.5. The number of nitrogens with zero attached hydrogens (tertiary/aromatic N) is 5. The first kappa shape index (κ1) is 30.3. The van der Waals surface area contributed by atoms with E-state index < -0.39 is 0 Å². The maximum absolute atomic E-state index is 5.08. The lowest BCUT2D eigenvalue weighted by molar-refractivity contribution is 1.07. The Morgan fingerprint density at radius 1 is 0.370 bits per heavy atom. The molecule has 0 saturated heterocycles. The van der Waals surface area contributed by atoms with E-state index in [0.717, 1.165) is 39.4 Å². The molecule has 3 heterocycles. The Morgan fingerprint density at radius 3 is 1.69 bits per heavy atom. The van der Waals surface area contributed by atoms with Gasteiger partial charge in [-0.2, -0.15) is 0 Å². The highest BCUT2D eigenvalue weighted by atomic mass is 15.3. The van der Waals surface area contributed by atoms with E-state index in [1.165, 1.54) is 43.7 Å². The molecular weight excluding hydrogens is 659 g/mol. The number of fused-ring (bicyclic) bond motifs is 11. The molecule has 0 amide bonds. The minimum atomic E-state index is 0.619. The maximum Gasteiger partial charge on any atom is 0.164 e. The van der Waals surface area contributed by atoms with Crippen LogP contribution in [0.5, 0.6) is 0 Å². The zero-order valence-corrected chi connectivity index (χ0v) is 29.1. The van der Waals surface area contributed by atoms with Crippen LogP contribution in [0.3, 0.4) is 0 Å². The van der Waals surface area contributed by atoms with Crippen molar-refractivity contribution < 1.29 is 0 Å². The van der Waals surface area contributed by atoms with Crippen LogP contribution in [0.15, 0.2) is 188 Å². The van der Waals surface area contributed by atoms with Crippen LogP contribution in [-0.4, -0.2) is 19.5 Å². The average Bonchev–Trinajstić information content (AvgIpc) is 3.57. The van der Waals surface area contributed by atoms with Crippen LogP contribution >= 0.6 is 0 Å². The molecule has 2 aromatic heterocycles. The summed E-state index contributed by atoms with van der Waals surface area (Å²) in [6, 6.07) is 66.4. The fourth-order valence-corrected chi connectivity index (χ4v) is 8.07. The molecule has 0 unspecified atom stereocenters. The Morgan fingerprint density at radius 2 is 0.944 bits per heavy atom. The maximum atomic E-state index is 5.08. The third-order valence-corrected chi connectivity index (χ3v) is 10.5. The van der Waals surface area contributed by atoms with E-state index >= 15 is 0 Å². The van der Waals surface area contributed by atoms with Gasteiger partial charge in [-0.05, 0) is 46.5 Å². The first-order valence-electron chi connectivity index (χ1n) is 18.2. The fourth-order valence-electron chi connectivity index (χ4n) is 8.07. The van der Waals surface area contributed by atoms with Crippen molar-refractivity contribution in [3.8, 4) is 51.0 Å². The molecule has 0 fully saturated rings. The Kier molecular flexibility index (Phi) is 6.79. The lowest BCUT2D eigenvalue weighted by Gasteiger charge is -2.26. The van der Waals surface area contributed by atoms with Gasteiger partial charge < -0.3 is 0 Å². The van der Waals surface area contributed by atoms with Crippen molar-refractivity contribution in [2.75, 3.05) is 4.90 Å². The molecule has 10 aromatic rings. The second-order valence-electron chi connectivity index (χ2n) is 13.7. The third kappa shape index (κ3) is 4.76. The van der Waals surface area contributed by atoms with E-state index in [4.69, 9.17) is 15.0 Å². The minimum Gasteiger partial charge on any atom is -0.295 e. The standard InChI is InChI=1S/C49H31N5/c1-3-16-34(17-4-1)47-50-48(35-18-5-2-6-19-35)52-49(51-47)36-20-13-21-37(30-36)53-43-25-12-11-24-40(43)41-28-26-33-15-8-10-23-39(33)46(41)54-44-29-27-32-14-7-9-22-38(32)42(44)31-45(53)54/h1-31H. The lowest BCUT2D eigenvalue weighted by atomic mass is 9.96. The number of aromatic nitrogens is 4. The molecule has 0 atom stereocenters. The summed E-state index contributed by atoms with van der Waals surface area (Å²) in [5.41, 5.74) is 9.59. The van der Waals surface area contributed by atoms with Gasteiger partial charge in [0.05, 0.1) is 16.9 Å². The first-order valence-corrected chi connectivity index (χ1v) is 18.2. The van der Waals surface area contributed by atoms with E-state index in [1.54, 1.807) is 0 Å². The number of benzene rings is 8. The minimum absolute atomic E-state index is 0.619. The largest absolute Gasteiger partial charge is 0.295 e. The van der Waals surface area contributed by atoms with Crippen molar-refractivity contribution in [1.29, 1.82) is 0 Å². The van der Waals surface area contributed by atoms with Gasteiger partial charge in [0, 0.05) is 44.3 Å². The van der Waals surface area contributed by atoms with Gasteiger partial charge in [0.2, 0.25) is 0 Å². The molecule has 252 valence electrons. The topological polar surface area (TPSA) is 46.8 Å². The van der Waals surface area contributed by atoms with Crippen LogP contribution in [0.2, 0.25) is 0 Å². The van der Waals surface area contributed by atoms with Gasteiger partial charge in [-0.3, -0.25) is 9.47 Å². The smallest absolute Gasteiger partial charge is 0.164 e. The molecule has 0 bridgehead atoms. The quantitative estimate of drug-likeness (QED) is 0.185. The molecule has 0 radical (unpaired) electrons. The monoisotopic (exact) mass is 689 g/mol. The number of rotatable bonds is 4. The number of hydrogen-bond donors (Lipinski definition) is 0. The van der Waals surface area contributed by atoms with Crippen LogP contribution in [0.4, 0.5) is 17.2 Å². The Hall–Kier alpha value is -7.37. The van der Waals surface area contributed by atoms with Gasteiger partial charge in [0.25, 0.3) is 0 Å². The zero-order chi connectivity index (χ0) is 35.6. The Balaban J connectivity index is 1.19. The van der Waals surface area contributed by atoms with Gasteiger partial charge in [0.1, 0.15) is 5.82 Å². The van der Waals surface area contributed by atoms with Gasteiger partial charge in [-0.25, -0.2) is 15.0 Å². The van der Waals surface area contributed by atoms with Crippen molar-refractivity contribution in [2.45, 2.75) is 0 Å². The van der Waals surface area contributed by atoms with E-state index in [-0.39, 0.29) is 0 Å². The lowest BCUT2D eigenvalue weighted by Crippen LogP contribution is -2.13. The predicted molar refractivity (Wildman–Crippen MR) is 222 cm³/mol. The molecule has 11 rings (SSSR count). The first-order chi connectivity index (χ1) is 26.8. The highest BCUT2D eigenvalue weighted by Gasteiger charge is 2.29. The summed E-state index contributed by atoms with van der Waals surface area (Å²) in [6.45, 7) is 0. The summed E-state index contributed by atoms with van der Waals surface area (Å²) >= 11 is 0. The van der Waals surface area contributed by atoms with Crippen molar-refractivity contribution in [1.82, 2.24) is 19.5 Å². The molecule has 5 nitrogen and oxygen atoms in total. The summed E-state index contributed by atoms with van der Waals surface area (Å²) < 4.78 is 2.47. The highest BCUT2D eigenvalue weighted by Crippen LogP contribution is 2.51.